The number of phenolic OH excluding ortho intramolecular Hbond substituents is 1. The Morgan fingerprint density at radius 3 is 2.55 bits per heavy atom. The van der Waals surface area contributed by atoms with E-state index in [2.05, 4.69) is 4.90 Å². The summed E-state index contributed by atoms with van der Waals surface area (Å²) in [6.07, 6.45) is 3.55. The zero-order valence-electron chi connectivity index (χ0n) is 18.5. The van der Waals surface area contributed by atoms with Crippen LogP contribution in [-0.4, -0.2) is 47.3 Å². The zero-order chi connectivity index (χ0) is 22.0. The molecule has 2 aromatic carbocycles. The van der Waals surface area contributed by atoms with E-state index in [1.165, 1.54) is 6.42 Å². The van der Waals surface area contributed by atoms with Gasteiger partial charge in [0, 0.05) is 23.2 Å². The molecule has 1 aliphatic rings. The minimum absolute atomic E-state index is 0.209. The van der Waals surface area contributed by atoms with Gasteiger partial charge in [-0.15, -0.1) is 0 Å². The van der Waals surface area contributed by atoms with Crippen molar-refractivity contribution in [1.29, 1.82) is 0 Å². The molecular formula is C25H30N2O4. The van der Waals surface area contributed by atoms with Crippen LogP contribution in [0.15, 0.2) is 36.4 Å². The number of fused-ring (bicyclic) bond motifs is 1. The first-order chi connectivity index (χ1) is 15.1. The van der Waals surface area contributed by atoms with Crippen LogP contribution in [0.5, 0.6) is 11.5 Å². The highest BCUT2D eigenvalue weighted by Gasteiger charge is 2.27. The number of ether oxygens (including phenoxy) is 2. The number of aromatic nitrogens is 1. The number of aromatic hydroxyl groups is 1. The normalized spacial score (nSPS) is 14.7. The number of methoxy groups -OCH3 is 1. The summed E-state index contributed by atoms with van der Waals surface area (Å²) >= 11 is 0. The van der Waals surface area contributed by atoms with Crippen molar-refractivity contribution in [3.8, 4) is 17.2 Å². The number of carbonyl (C=O) groups excluding carboxylic acids is 1. The van der Waals surface area contributed by atoms with Crippen molar-refractivity contribution in [2.24, 2.45) is 0 Å². The minimum atomic E-state index is -0.371. The Morgan fingerprint density at radius 2 is 1.84 bits per heavy atom. The number of carbonyl (C=O) groups is 1. The molecule has 0 spiro atoms. The van der Waals surface area contributed by atoms with Gasteiger partial charge in [0.05, 0.1) is 30.5 Å². The third kappa shape index (κ3) is 3.88. The van der Waals surface area contributed by atoms with E-state index in [-0.39, 0.29) is 11.7 Å². The van der Waals surface area contributed by atoms with Crippen LogP contribution >= 0.6 is 0 Å². The number of hydrogen-bond donors (Lipinski definition) is 1. The van der Waals surface area contributed by atoms with E-state index < -0.39 is 0 Å². The molecule has 0 unspecified atom stereocenters. The van der Waals surface area contributed by atoms with E-state index in [1.807, 2.05) is 41.8 Å². The summed E-state index contributed by atoms with van der Waals surface area (Å²) in [5.41, 5.74) is 3.75. The Balaban J connectivity index is 1.99. The van der Waals surface area contributed by atoms with Crippen molar-refractivity contribution in [3.63, 3.8) is 0 Å². The van der Waals surface area contributed by atoms with Crippen LogP contribution in [0, 0.1) is 6.92 Å². The van der Waals surface area contributed by atoms with Crippen molar-refractivity contribution in [3.05, 3.63) is 53.2 Å². The number of esters is 1. The summed E-state index contributed by atoms with van der Waals surface area (Å²) < 4.78 is 13.1. The Hall–Kier alpha value is -2.99. The number of hydrogen-bond acceptors (Lipinski definition) is 5. The SMILES string of the molecule is CCOC(=O)c1c(C)n(-c2ccccc2OC)c2ccc(O)c(CN3CCCCC3)c12. The van der Waals surface area contributed by atoms with E-state index >= 15 is 0 Å². The predicted octanol–water partition coefficient (Wildman–Crippen LogP) is 4.82. The minimum Gasteiger partial charge on any atom is -0.508 e. The first-order valence-electron chi connectivity index (χ1n) is 11.0. The van der Waals surface area contributed by atoms with Crippen LogP contribution in [0.1, 0.15) is 47.8 Å². The third-order valence-corrected chi connectivity index (χ3v) is 6.09. The highest BCUT2D eigenvalue weighted by Crippen LogP contribution is 2.39. The summed E-state index contributed by atoms with van der Waals surface area (Å²) in [6.45, 7) is 6.61. The Kier molecular flexibility index (Phi) is 6.18. The lowest BCUT2D eigenvalue weighted by atomic mass is 10.0. The average Bonchev–Trinajstić information content (AvgIpc) is 3.08. The van der Waals surface area contributed by atoms with Crippen molar-refractivity contribution in [1.82, 2.24) is 9.47 Å². The zero-order valence-corrected chi connectivity index (χ0v) is 18.5. The summed E-state index contributed by atoms with van der Waals surface area (Å²) in [5, 5.41) is 11.6. The molecule has 1 aromatic heterocycles. The van der Waals surface area contributed by atoms with Crippen molar-refractivity contribution < 1.29 is 19.4 Å². The van der Waals surface area contributed by atoms with Gasteiger partial charge in [-0.2, -0.15) is 0 Å². The first-order valence-corrected chi connectivity index (χ1v) is 11.0. The van der Waals surface area contributed by atoms with Gasteiger partial charge in [-0.3, -0.25) is 4.90 Å². The number of phenols is 1. The molecule has 3 aromatic rings. The molecule has 0 aliphatic carbocycles. The van der Waals surface area contributed by atoms with Crippen LogP contribution in [0.3, 0.4) is 0 Å². The molecule has 4 rings (SSSR count). The van der Waals surface area contributed by atoms with Crippen molar-refractivity contribution >= 4 is 16.9 Å². The number of likely N-dealkylation sites (tertiary alicyclic amines) is 1. The van der Waals surface area contributed by atoms with E-state index in [1.54, 1.807) is 20.1 Å². The Bertz CT molecular complexity index is 1100. The smallest absolute Gasteiger partial charge is 0.340 e. The lowest BCUT2D eigenvalue weighted by Crippen LogP contribution is -2.29. The van der Waals surface area contributed by atoms with Crippen LogP contribution in [0.2, 0.25) is 0 Å². The molecule has 0 radical (unpaired) electrons. The molecule has 164 valence electrons. The molecule has 1 fully saturated rings. The molecule has 1 N–H and O–H groups in total. The molecule has 1 aliphatic heterocycles. The van der Waals surface area contributed by atoms with Crippen molar-refractivity contribution in [2.45, 2.75) is 39.7 Å². The summed E-state index contributed by atoms with van der Waals surface area (Å²) in [7, 11) is 1.64. The second-order valence-corrected chi connectivity index (χ2v) is 7.98. The standard InChI is InChI=1S/C25H30N2O4/c1-4-31-25(29)23-17(2)27(19-10-6-7-11-22(19)30-3)20-12-13-21(28)18(24(20)23)16-26-14-8-5-9-15-26/h6-7,10-13,28H,4-5,8-9,14-16H2,1-3H3. The van der Waals surface area contributed by atoms with Gasteiger partial charge in [-0.1, -0.05) is 18.6 Å². The van der Waals surface area contributed by atoms with Gasteiger partial charge in [0.2, 0.25) is 0 Å². The fraction of sp³-hybridized carbons (Fsp3) is 0.400. The molecule has 2 heterocycles. The second-order valence-electron chi connectivity index (χ2n) is 7.98. The fourth-order valence-electron chi connectivity index (χ4n) is 4.64. The fourth-order valence-corrected chi connectivity index (χ4v) is 4.64. The van der Waals surface area contributed by atoms with Gasteiger partial charge >= 0.3 is 5.97 Å². The number of benzene rings is 2. The number of para-hydroxylation sites is 2. The Morgan fingerprint density at radius 1 is 1.10 bits per heavy atom. The Labute approximate surface area is 183 Å². The van der Waals surface area contributed by atoms with Crippen LogP contribution < -0.4 is 4.74 Å². The van der Waals surface area contributed by atoms with Gasteiger partial charge in [0.15, 0.2) is 0 Å². The van der Waals surface area contributed by atoms with Crippen LogP contribution in [0.25, 0.3) is 16.6 Å². The van der Waals surface area contributed by atoms with E-state index in [0.717, 1.165) is 53.8 Å². The van der Waals surface area contributed by atoms with Gasteiger partial charge in [-0.05, 0) is 64.0 Å². The van der Waals surface area contributed by atoms with Gasteiger partial charge < -0.3 is 19.1 Å². The summed E-state index contributed by atoms with van der Waals surface area (Å²) in [5.74, 6) is 0.550. The van der Waals surface area contributed by atoms with E-state index in [0.29, 0.717) is 24.5 Å². The quantitative estimate of drug-likeness (QED) is 0.577. The maximum atomic E-state index is 13.1. The number of piperidine rings is 1. The molecule has 0 bridgehead atoms. The molecule has 0 saturated carbocycles. The maximum absolute atomic E-state index is 13.1. The molecule has 0 atom stereocenters. The monoisotopic (exact) mass is 422 g/mol. The maximum Gasteiger partial charge on any atom is 0.340 e. The molecule has 6 nitrogen and oxygen atoms in total. The van der Waals surface area contributed by atoms with Gasteiger partial charge in [0.25, 0.3) is 0 Å². The van der Waals surface area contributed by atoms with E-state index in [4.69, 9.17) is 9.47 Å². The molecule has 1 saturated heterocycles. The third-order valence-electron chi connectivity index (χ3n) is 6.09. The molecular weight excluding hydrogens is 392 g/mol. The highest BCUT2D eigenvalue weighted by atomic mass is 16.5. The predicted molar refractivity (Wildman–Crippen MR) is 121 cm³/mol. The van der Waals surface area contributed by atoms with Crippen LogP contribution in [0.4, 0.5) is 0 Å². The number of nitrogens with zero attached hydrogens (tertiary/aromatic N) is 2. The largest absolute Gasteiger partial charge is 0.508 e. The van der Waals surface area contributed by atoms with Crippen molar-refractivity contribution in [2.75, 3.05) is 26.8 Å². The topological polar surface area (TPSA) is 63.9 Å². The second kappa shape index (κ2) is 9.02. The molecule has 6 heteroatoms. The van der Waals surface area contributed by atoms with Gasteiger partial charge in [0.1, 0.15) is 11.5 Å². The summed E-state index contributed by atoms with van der Waals surface area (Å²) in [6, 6.07) is 11.3. The average molecular weight is 423 g/mol. The van der Waals surface area contributed by atoms with Crippen LogP contribution in [-0.2, 0) is 11.3 Å². The lowest BCUT2D eigenvalue weighted by molar-refractivity contribution is 0.0527. The lowest BCUT2D eigenvalue weighted by Gasteiger charge is -2.27. The highest BCUT2D eigenvalue weighted by molar-refractivity contribution is 6.08. The first kappa shape index (κ1) is 21.2. The number of rotatable bonds is 6. The van der Waals surface area contributed by atoms with E-state index in [9.17, 15) is 9.90 Å². The summed E-state index contributed by atoms with van der Waals surface area (Å²) in [4.78, 5) is 15.4. The van der Waals surface area contributed by atoms with Gasteiger partial charge in [-0.25, -0.2) is 4.79 Å². The molecule has 0 amide bonds. The molecule has 31 heavy (non-hydrogen) atoms.